The average molecular weight is 759 g/mol. The van der Waals surface area contributed by atoms with Gasteiger partial charge in [-0.15, -0.1) is 0 Å². The fraction of sp³-hybridized carbons (Fsp3) is 0.907. The van der Waals surface area contributed by atoms with E-state index < -0.39 is 37.3 Å². The van der Waals surface area contributed by atoms with Crippen LogP contribution in [0.1, 0.15) is 119 Å². The van der Waals surface area contributed by atoms with Crippen molar-refractivity contribution in [3.05, 3.63) is 11.6 Å². The summed E-state index contributed by atoms with van der Waals surface area (Å²) in [6, 6.07) is -0.0896. The number of rotatable bonds is 7. The van der Waals surface area contributed by atoms with Crippen molar-refractivity contribution in [3.8, 4) is 0 Å². The van der Waals surface area contributed by atoms with Crippen molar-refractivity contribution in [3.63, 3.8) is 0 Å². The standard InChI is InChI=1S/C43H70N2O9/c1-38(2)30-8-13-43(7)35(41(30,5)12-9-31(38)54-36-34(50)33(49)32(48)29(23-46)53-36)28(47)20-26-27-21-39(3,14-15-40(27,4)16-17-42(26,43)6)24-45-37(51)44-22-25-10-18-52-19-11-25/h20,25,27,29-36,46,48-50H,8-19,21-24H2,1-7H3,(H2,44,45,51)/t27-,29-,30+,31+,32-,33+,34+,35-,36-,39+,40-,41+,42-,43-/m1/s1. The molecule has 306 valence electrons. The van der Waals surface area contributed by atoms with Crippen LogP contribution in [-0.2, 0) is 19.0 Å². The van der Waals surface area contributed by atoms with Crippen molar-refractivity contribution in [2.24, 2.45) is 56.2 Å². The van der Waals surface area contributed by atoms with E-state index in [4.69, 9.17) is 14.2 Å². The molecule has 4 saturated carbocycles. The monoisotopic (exact) mass is 759 g/mol. The van der Waals surface area contributed by atoms with Gasteiger partial charge in [-0.05, 0) is 127 Å². The van der Waals surface area contributed by atoms with Gasteiger partial charge in [-0.2, -0.15) is 0 Å². The topological polar surface area (TPSA) is 167 Å². The van der Waals surface area contributed by atoms with Gasteiger partial charge in [-0.1, -0.05) is 54.0 Å². The molecule has 54 heavy (non-hydrogen) atoms. The first-order valence-electron chi connectivity index (χ1n) is 21.1. The first-order valence-corrected chi connectivity index (χ1v) is 21.1. The quantitative estimate of drug-likeness (QED) is 0.199. The zero-order valence-electron chi connectivity index (χ0n) is 34.0. The van der Waals surface area contributed by atoms with Crippen LogP contribution in [0.5, 0.6) is 0 Å². The maximum Gasteiger partial charge on any atom is 0.314 e. The molecule has 0 aromatic rings. The van der Waals surface area contributed by atoms with Gasteiger partial charge in [-0.25, -0.2) is 4.79 Å². The lowest BCUT2D eigenvalue weighted by molar-refractivity contribution is -0.329. The van der Waals surface area contributed by atoms with Gasteiger partial charge < -0.3 is 45.3 Å². The number of amides is 2. The fourth-order valence-electron chi connectivity index (χ4n) is 13.5. The highest BCUT2D eigenvalue weighted by molar-refractivity contribution is 5.95. The summed E-state index contributed by atoms with van der Waals surface area (Å²) in [4.78, 5) is 27.9. The molecule has 6 fully saturated rings. The molecule has 2 saturated heterocycles. The van der Waals surface area contributed by atoms with Crippen LogP contribution >= 0.6 is 0 Å². The van der Waals surface area contributed by atoms with Crippen molar-refractivity contribution in [1.29, 1.82) is 0 Å². The minimum atomic E-state index is -1.49. The second-order valence-corrected chi connectivity index (χ2v) is 20.8. The van der Waals surface area contributed by atoms with Crippen LogP contribution in [0.4, 0.5) is 4.79 Å². The van der Waals surface area contributed by atoms with Crippen molar-refractivity contribution in [2.45, 2.75) is 156 Å². The number of fused-ring (bicyclic) bond motifs is 7. The Hall–Kier alpha value is -1.60. The number of carbonyl (C=O) groups is 2. The molecule has 0 aromatic carbocycles. The summed E-state index contributed by atoms with van der Waals surface area (Å²) < 4.78 is 17.7. The summed E-state index contributed by atoms with van der Waals surface area (Å²) in [5.41, 5.74) is 0.449. The van der Waals surface area contributed by atoms with Crippen LogP contribution in [0.2, 0.25) is 0 Å². The smallest absolute Gasteiger partial charge is 0.314 e. The molecule has 11 nitrogen and oxygen atoms in total. The lowest BCUT2D eigenvalue weighted by Gasteiger charge is -2.70. The number of ketones is 1. The van der Waals surface area contributed by atoms with E-state index in [1.54, 1.807) is 0 Å². The Morgan fingerprint density at radius 1 is 0.870 bits per heavy atom. The molecular formula is C43H70N2O9. The predicted octanol–water partition coefficient (Wildman–Crippen LogP) is 4.88. The Balaban J connectivity index is 1.09. The Bertz CT molecular complexity index is 1460. The lowest BCUT2D eigenvalue weighted by atomic mass is 9.33. The first kappa shape index (κ1) is 40.6. The molecule has 2 heterocycles. The number of aliphatic hydroxyl groups excluding tert-OH is 4. The van der Waals surface area contributed by atoms with E-state index in [9.17, 15) is 30.0 Å². The van der Waals surface area contributed by atoms with Crippen LogP contribution in [0.3, 0.4) is 0 Å². The van der Waals surface area contributed by atoms with Crippen molar-refractivity contribution in [1.82, 2.24) is 10.6 Å². The van der Waals surface area contributed by atoms with E-state index in [1.807, 2.05) is 0 Å². The summed E-state index contributed by atoms with van der Waals surface area (Å²) in [6.07, 6.45) is 5.85. The van der Waals surface area contributed by atoms with Gasteiger partial charge in [0.2, 0.25) is 0 Å². The number of urea groups is 1. The molecular weight excluding hydrogens is 688 g/mol. The molecule has 14 atom stereocenters. The van der Waals surface area contributed by atoms with Gasteiger partial charge in [0.15, 0.2) is 12.1 Å². The van der Waals surface area contributed by atoms with Crippen molar-refractivity contribution >= 4 is 11.8 Å². The molecule has 11 heteroatoms. The molecule has 2 amide bonds. The van der Waals surface area contributed by atoms with Crippen LogP contribution < -0.4 is 10.6 Å². The zero-order chi connectivity index (χ0) is 39.1. The van der Waals surface area contributed by atoms with Gasteiger partial charge in [0.1, 0.15) is 24.4 Å². The van der Waals surface area contributed by atoms with Gasteiger partial charge in [-0.3, -0.25) is 4.79 Å². The number of aliphatic hydroxyl groups is 4. The normalized spacial score (nSPS) is 49.1. The number of ether oxygens (including phenoxy) is 3. The minimum absolute atomic E-state index is 0.0624. The van der Waals surface area contributed by atoms with Gasteiger partial charge in [0.25, 0.3) is 0 Å². The Morgan fingerprint density at radius 2 is 1.57 bits per heavy atom. The highest BCUT2D eigenvalue weighted by atomic mass is 16.7. The third-order valence-corrected chi connectivity index (χ3v) is 17.3. The molecule has 6 N–H and O–H groups in total. The van der Waals surface area contributed by atoms with Crippen LogP contribution in [-0.4, -0.2) is 102 Å². The molecule has 2 aliphatic heterocycles. The summed E-state index contributed by atoms with van der Waals surface area (Å²) in [5, 5.41) is 47.7. The van der Waals surface area contributed by atoms with Crippen molar-refractivity contribution < 1.29 is 44.2 Å². The summed E-state index contributed by atoms with van der Waals surface area (Å²) in [5.74, 6) is 1.06. The summed E-state index contributed by atoms with van der Waals surface area (Å²) in [6.45, 7) is 18.8. The van der Waals surface area contributed by atoms with Crippen LogP contribution in [0.15, 0.2) is 11.6 Å². The van der Waals surface area contributed by atoms with E-state index in [-0.39, 0.29) is 68.2 Å². The molecule has 0 bridgehead atoms. The first-order chi connectivity index (χ1) is 25.3. The SMILES string of the molecule is CC1(C)[C@@H](O[C@H]2O[C@H](CO)[C@@H](O)[C@H](O)[C@@H]2O)CC[C@]2(C)[C@H]3C(=O)C=C4[C@H]5C[C@@](C)(CNC(=O)NCC6CCOCC6)CC[C@]5(C)CC[C@@]4(C)[C@]3(C)CC[C@@H]12. The van der Waals surface area contributed by atoms with Gasteiger partial charge in [0, 0.05) is 32.2 Å². The largest absolute Gasteiger partial charge is 0.394 e. The molecule has 7 aliphatic rings. The number of nitrogens with one attached hydrogen (secondary N) is 2. The van der Waals surface area contributed by atoms with Crippen LogP contribution in [0, 0.1) is 56.2 Å². The number of hydrogen-bond acceptors (Lipinski definition) is 9. The predicted molar refractivity (Wildman–Crippen MR) is 203 cm³/mol. The van der Waals surface area contributed by atoms with E-state index in [0.29, 0.717) is 25.4 Å². The highest BCUT2D eigenvalue weighted by Gasteiger charge is 2.70. The van der Waals surface area contributed by atoms with Gasteiger partial charge in [0.05, 0.1) is 12.7 Å². The summed E-state index contributed by atoms with van der Waals surface area (Å²) in [7, 11) is 0. The number of carbonyl (C=O) groups excluding carboxylic acids is 2. The van der Waals surface area contributed by atoms with E-state index in [2.05, 4.69) is 65.2 Å². The van der Waals surface area contributed by atoms with E-state index in [1.165, 1.54) is 5.57 Å². The second-order valence-electron chi connectivity index (χ2n) is 20.8. The highest BCUT2D eigenvalue weighted by Crippen LogP contribution is 2.75. The number of hydrogen-bond donors (Lipinski definition) is 6. The Labute approximate surface area is 322 Å². The van der Waals surface area contributed by atoms with E-state index >= 15 is 0 Å². The third-order valence-electron chi connectivity index (χ3n) is 17.3. The van der Waals surface area contributed by atoms with Gasteiger partial charge >= 0.3 is 6.03 Å². The molecule has 0 radical (unpaired) electrons. The average Bonchev–Trinajstić information content (AvgIpc) is 3.13. The molecule has 0 unspecified atom stereocenters. The number of allylic oxidation sites excluding steroid dienone is 2. The second kappa shape index (κ2) is 14.3. The van der Waals surface area contributed by atoms with E-state index in [0.717, 1.165) is 77.4 Å². The summed E-state index contributed by atoms with van der Waals surface area (Å²) >= 11 is 0. The minimum Gasteiger partial charge on any atom is -0.394 e. The lowest BCUT2D eigenvalue weighted by Crippen LogP contribution is -2.67. The Morgan fingerprint density at radius 3 is 2.28 bits per heavy atom. The maximum atomic E-state index is 14.9. The molecule has 0 spiro atoms. The molecule has 0 aromatic heterocycles. The third kappa shape index (κ3) is 6.51. The van der Waals surface area contributed by atoms with Crippen molar-refractivity contribution in [2.75, 3.05) is 32.9 Å². The zero-order valence-corrected chi connectivity index (χ0v) is 34.0. The Kier molecular flexibility index (Phi) is 10.8. The fourth-order valence-corrected chi connectivity index (χ4v) is 13.5. The molecule has 5 aliphatic carbocycles. The molecule has 7 rings (SSSR count). The van der Waals surface area contributed by atoms with Crippen LogP contribution in [0.25, 0.3) is 0 Å². The maximum absolute atomic E-state index is 14.9.